The maximum absolute atomic E-state index is 12.6. The predicted molar refractivity (Wildman–Crippen MR) is 121 cm³/mol. The number of piperazine rings is 1. The van der Waals surface area contributed by atoms with Gasteiger partial charge in [0.15, 0.2) is 0 Å². The van der Waals surface area contributed by atoms with E-state index >= 15 is 0 Å². The summed E-state index contributed by atoms with van der Waals surface area (Å²) in [6.45, 7) is 5.65. The Balaban J connectivity index is 1.32. The highest BCUT2D eigenvalue weighted by Gasteiger charge is 2.27. The molecular formula is C25H28N2O6. The van der Waals surface area contributed by atoms with Crippen LogP contribution in [-0.2, 0) is 25.7 Å². The van der Waals surface area contributed by atoms with E-state index in [0.717, 1.165) is 5.56 Å². The van der Waals surface area contributed by atoms with Crippen LogP contribution in [0.4, 0.5) is 4.79 Å². The summed E-state index contributed by atoms with van der Waals surface area (Å²) in [5.41, 5.74) is 1.04. The van der Waals surface area contributed by atoms with Crippen molar-refractivity contribution in [3.8, 4) is 5.75 Å². The maximum atomic E-state index is 12.6. The van der Waals surface area contributed by atoms with Gasteiger partial charge in [-0.05, 0) is 17.7 Å². The fraction of sp³-hybridized carbons (Fsp3) is 0.320. The molecule has 0 radical (unpaired) electrons. The summed E-state index contributed by atoms with van der Waals surface area (Å²) < 4.78 is 15.9. The van der Waals surface area contributed by atoms with E-state index in [1.165, 1.54) is 0 Å². The van der Waals surface area contributed by atoms with Crippen molar-refractivity contribution in [2.24, 2.45) is 0 Å². The Morgan fingerprint density at radius 1 is 0.788 bits per heavy atom. The first kappa shape index (κ1) is 23.8. The lowest BCUT2D eigenvalue weighted by Gasteiger charge is -2.34. The Kier molecular flexibility index (Phi) is 8.88. The van der Waals surface area contributed by atoms with E-state index in [-0.39, 0.29) is 37.7 Å². The van der Waals surface area contributed by atoms with Gasteiger partial charge in [-0.2, -0.15) is 0 Å². The molecule has 0 unspecified atom stereocenters. The van der Waals surface area contributed by atoms with Gasteiger partial charge >= 0.3 is 12.1 Å². The number of benzene rings is 2. The average Bonchev–Trinajstić information content (AvgIpc) is 2.86. The van der Waals surface area contributed by atoms with Gasteiger partial charge in [0.2, 0.25) is 5.91 Å². The van der Waals surface area contributed by atoms with Crippen LogP contribution in [0.5, 0.6) is 5.75 Å². The highest BCUT2D eigenvalue weighted by atomic mass is 16.6. The second kappa shape index (κ2) is 12.3. The molecule has 174 valence electrons. The quantitative estimate of drug-likeness (QED) is 0.330. The molecule has 8 nitrogen and oxygen atoms in total. The summed E-state index contributed by atoms with van der Waals surface area (Å²) in [5, 5.41) is 0. The van der Waals surface area contributed by atoms with Crippen molar-refractivity contribution in [1.29, 1.82) is 0 Å². The van der Waals surface area contributed by atoms with Crippen LogP contribution in [0.1, 0.15) is 12.0 Å². The number of hydrogen-bond acceptors (Lipinski definition) is 6. The molecule has 0 spiro atoms. The molecule has 33 heavy (non-hydrogen) atoms. The normalized spacial score (nSPS) is 13.2. The van der Waals surface area contributed by atoms with Crippen LogP contribution in [0.25, 0.3) is 0 Å². The molecular weight excluding hydrogens is 424 g/mol. The molecule has 1 aliphatic rings. The lowest BCUT2D eigenvalue weighted by atomic mass is 10.1. The first-order chi connectivity index (χ1) is 16.0. The fourth-order valence-corrected chi connectivity index (χ4v) is 3.25. The van der Waals surface area contributed by atoms with E-state index in [4.69, 9.17) is 14.2 Å². The summed E-state index contributed by atoms with van der Waals surface area (Å²) in [6, 6.07) is 18.6. The number of nitrogens with zero attached hydrogens (tertiary/aromatic N) is 2. The van der Waals surface area contributed by atoms with E-state index < -0.39 is 12.1 Å². The number of para-hydroxylation sites is 1. The molecule has 0 bridgehead atoms. The summed E-state index contributed by atoms with van der Waals surface area (Å²) in [6.07, 6.45) is -0.614. The molecule has 0 N–H and O–H groups in total. The van der Waals surface area contributed by atoms with E-state index in [2.05, 4.69) is 6.58 Å². The number of hydrogen-bond donors (Lipinski definition) is 0. The van der Waals surface area contributed by atoms with Crippen LogP contribution < -0.4 is 4.74 Å². The van der Waals surface area contributed by atoms with E-state index in [1.807, 2.05) is 60.7 Å². The Hall–Kier alpha value is -3.81. The third-order valence-corrected chi connectivity index (χ3v) is 5.05. The predicted octanol–water partition coefficient (Wildman–Crippen LogP) is 3.04. The lowest BCUT2D eigenvalue weighted by molar-refractivity contribution is -0.145. The number of amides is 2. The van der Waals surface area contributed by atoms with Crippen molar-refractivity contribution in [3.63, 3.8) is 0 Å². The molecule has 1 heterocycles. The largest absolute Gasteiger partial charge is 0.490 e. The van der Waals surface area contributed by atoms with Gasteiger partial charge in [-0.3, -0.25) is 9.59 Å². The molecule has 2 aromatic carbocycles. The first-order valence-corrected chi connectivity index (χ1v) is 10.8. The molecule has 1 fully saturated rings. The van der Waals surface area contributed by atoms with Crippen molar-refractivity contribution in [1.82, 2.24) is 9.80 Å². The van der Waals surface area contributed by atoms with Gasteiger partial charge in [0, 0.05) is 31.8 Å². The molecule has 2 aromatic rings. The maximum Gasteiger partial charge on any atom is 0.410 e. The fourth-order valence-electron chi connectivity index (χ4n) is 3.25. The molecule has 0 aliphatic carbocycles. The van der Waals surface area contributed by atoms with E-state index in [1.54, 1.807) is 9.80 Å². The van der Waals surface area contributed by atoms with Gasteiger partial charge in [0.25, 0.3) is 0 Å². The van der Waals surface area contributed by atoms with Gasteiger partial charge in [-0.25, -0.2) is 4.79 Å². The third kappa shape index (κ3) is 7.68. The van der Waals surface area contributed by atoms with Crippen molar-refractivity contribution in [2.45, 2.75) is 13.0 Å². The van der Waals surface area contributed by atoms with Gasteiger partial charge < -0.3 is 24.0 Å². The monoisotopic (exact) mass is 452 g/mol. The van der Waals surface area contributed by atoms with Gasteiger partial charge in [-0.1, -0.05) is 55.1 Å². The number of esters is 1. The highest BCUT2D eigenvalue weighted by Crippen LogP contribution is 2.12. The molecule has 3 rings (SSSR count). The van der Waals surface area contributed by atoms with Crippen LogP contribution in [0.3, 0.4) is 0 Å². The minimum Gasteiger partial charge on any atom is -0.490 e. The van der Waals surface area contributed by atoms with Crippen LogP contribution >= 0.6 is 0 Å². The molecule has 0 saturated carbocycles. The Morgan fingerprint density at radius 2 is 1.39 bits per heavy atom. The smallest absolute Gasteiger partial charge is 0.410 e. The zero-order chi connectivity index (χ0) is 23.5. The minimum absolute atomic E-state index is 0.134. The molecule has 1 saturated heterocycles. The Labute approximate surface area is 193 Å². The second-order valence-corrected chi connectivity index (χ2v) is 7.48. The number of rotatable bonds is 9. The summed E-state index contributed by atoms with van der Waals surface area (Å²) in [5.74, 6) is -0.0991. The van der Waals surface area contributed by atoms with E-state index in [9.17, 15) is 14.4 Å². The number of carbonyl (C=O) groups is 3. The van der Waals surface area contributed by atoms with Crippen molar-refractivity contribution in [2.75, 3.05) is 39.4 Å². The lowest BCUT2D eigenvalue weighted by Crippen LogP contribution is -2.51. The SMILES string of the molecule is C=C(CC(=O)OCc1ccccc1)C(=O)N1CCN(C(=O)OCCOc2ccccc2)CC1. The van der Waals surface area contributed by atoms with Gasteiger partial charge in [0.1, 0.15) is 25.6 Å². The summed E-state index contributed by atoms with van der Waals surface area (Å²) >= 11 is 0. The topological polar surface area (TPSA) is 85.4 Å². The van der Waals surface area contributed by atoms with Crippen molar-refractivity contribution >= 4 is 18.0 Å². The molecule has 0 aromatic heterocycles. The van der Waals surface area contributed by atoms with Crippen LogP contribution in [0.2, 0.25) is 0 Å². The van der Waals surface area contributed by atoms with Gasteiger partial charge in [-0.15, -0.1) is 0 Å². The molecule has 8 heteroatoms. The third-order valence-electron chi connectivity index (χ3n) is 5.05. The minimum atomic E-state index is -0.503. The van der Waals surface area contributed by atoms with Crippen LogP contribution in [0.15, 0.2) is 72.8 Å². The first-order valence-electron chi connectivity index (χ1n) is 10.8. The van der Waals surface area contributed by atoms with Crippen LogP contribution in [-0.4, -0.2) is 67.2 Å². The molecule has 2 amide bonds. The molecule has 1 aliphatic heterocycles. The summed E-state index contributed by atoms with van der Waals surface area (Å²) in [4.78, 5) is 40.0. The molecule has 0 atom stereocenters. The average molecular weight is 453 g/mol. The Bertz CT molecular complexity index is 940. The Morgan fingerprint density at radius 3 is 2.06 bits per heavy atom. The zero-order valence-electron chi connectivity index (χ0n) is 18.5. The van der Waals surface area contributed by atoms with Gasteiger partial charge in [0.05, 0.1) is 6.42 Å². The highest BCUT2D eigenvalue weighted by molar-refractivity contribution is 5.97. The summed E-state index contributed by atoms with van der Waals surface area (Å²) in [7, 11) is 0. The number of carbonyl (C=O) groups excluding carboxylic acids is 3. The zero-order valence-corrected chi connectivity index (χ0v) is 18.5. The van der Waals surface area contributed by atoms with Crippen LogP contribution in [0, 0.1) is 0 Å². The van der Waals surface area contributed by atoms with Crippen molar-refractivity contribution in [3.05, 3.63) is 78.4 Å². The van der Waals surface area contributed by atoms with Crippen molar-refractivity contribution < 1.29 is 28.6 Å². The standard InChI is InChI=1S/C25H28N2O6/c1-20(18-23(28)33-19-21-8-4-2-5-9-21)24(29)26-12-14-27(15-13-26)25(30)32-17-16-31-22-10-6-3-7-11-22/h2-11H,1,12-19H2. The second-order valence-electron chi connectivity index (χ2n) is 7.48. The van der Waals surface area contributed by atoms with E-state index in [0.29, 0.717) is 31.9 Å². The number of ether oxygens (including phenoxy) is 3.